The fourth-order valence-electron chi connectivity index (χ4n) is 2.64. The molecule has 0 aromatic rings. The molecule has 0 saturated heterocycles. The van der Waals surface area contributed by atoms with Gasteiger partial charge in [-0.2, -0.15) is 10.5 Å². The van der Waals surface area contributed by atoms with E-state index in [4.69, 9.17) is 0 Å². The molecule has 0 saturated carbocycles. The Kier molecular flexibility index (Phi) is 7.51. The van der Waals surface area contributed by atoms with E-state index in [1.54, 1.807) is 13.8 Å². The number of allylic oxidation sites excluding steroid dienone is 1. The second kappa shape index (κ2) is 8.92. The molecule has 0 radical (unpaired) electrons. The maximum atomic E-state index is 12.1. The highest BCUT2D eigenvalue weighted by Crippen LogP contribution is 2.41. The second-order valence-electron chi connectivity index (χ2n) is 7.32. The lowest BCUT2D eigenvalue weighted by molar-refractivity contribution is -0.125. The van der Waals surface area contributed by atoms with Crippen molar-refractivity contribution < 1.29 is 9.59 Å². The van der Waals surface area contributed by atoms with Gasteiger partial charge in [0.2, 0.25) is 11.8 Å². The quantitative estimate of drug-likeness (QED) is 0.724. The van der Waals surface area contributed by atoms with Crippen LogP contribution in [0.5, 0.6) is 0 Å². The Morgan fingerprint density at radius 3 is 2.48 bits per heavy atom. The highest BCUT2D eigenvalue weighted by molar-refractivity contribution is 8.03. The fourth-order valence-corrected chi connectivity index (χ4v) is 3.63. The molecule has 0 spiro atoms. The molecule has 2 atom stereocenters. The van der Waals surface area contributed by atoms with Crippen molar-refractivity contribution in [2.45, 2.75) is 53.5 Å². The third-order valence-electron chi connectivity index (χ3n) is 4.26. The predicted molar refractivity (Wildman–Crippen MR) is 97.8 cm³/mol. The van der Waals surface area contributed by atoms with Crippen LogP contribution >= 0.6 is 11.8 Å². The van der Waals surface area contributed by atoms with Crippen LogP contribution in [0.15, 0.2) is 10.6 Å². The summed E-state index contributed by atoms with van der Waals surface area (Å²) in [6, 6.07) is 4.13. The summed E-state index contributed by atoms with van der Waals surface area (Å²) in [6.45, 7) is 9.65. The molecule has 0 unspecified atom stereocenters. The van der Waals surface area contributed by atoms with Crippen LogP contribution in [-0.2, 0) is 9.59 Å². The SMILES string of the molecule is CC(C)CC[C@H](C)NC(=O)CSC1=C(C#N)C(C)(C)[C@H](C#N)C(=O)N1. The molecule has 1 rings (SSSR count). The van der Waals surface area contributed by atoms with Gasteiger partial charge >= 0.3 is 0 Å². The molecule has 2 amide bonds. The lowest BCUT2D eigenvalue weighted by atomic mass is 9.72. The smallest absolute Gasteiger partial charge is 0.243 e. The van der Waals surface area contributed by atoms with E-state index in [2.05, 4.69) is 30.6 Å². The van der Waals surface area contributed by atoms with E-state index in [1.165, 1.54) is 0 Å². The van der Waals surface area contributed by atoms with Crippen LogP contribution in [0, 0.1) is 39.9 Å². The Balaban J connectivity index is 2.74. The average Bonchev–Trinajstić information content (AvgIpc) is 2.50. The standard InChI is InChI=1S/C18H26N4O2S/c1-11(2)6-7-12(3)21-15(23)10-25-17-14(9-20)18(4,5)13(8-19)16(24)22-17/h11-13H,6-7,10H2,1-5H3,(H,21,23)(H,22,24)/t12-,13+/m0/s1. The zero-order chi connectivity index (χ0) is 19.2. The van der Waals surface area contributed by atoms with E-state index >= 15 is 0 Å². The molecule has 1 heterocycles. The summed E-state index contributed by atoms with van der Waals surface area (Å²) in [6.07, 6.45) is 1.95. The summed E-state index contributed by atoms with van der Waals surface area (Å²) in [7, 11) is 0. The molecule has 7 heteroatoms. The number of nitriles is 2. The van der Waals surface area contributed by atoms with E-state index in [0.29, 0.717) is 16.5 Å². The first kappa shape index (κ1) is 21.1. The van der Waals surface area contributed by atoms with Gasteiger partial charge in [-0.05, 0) is 25.7 Å². The van der Waals surface area contributed by atoms with Crippen LogP contribution in [0.3, 0.4) is 0 Å². The maximum absolute atomic E-state index is 12.1. The Morgan fingerprint density at radius 1 is 1.32 bits per heavy atom. The molecule has 0 fully saturated rings. The molecule has 0 aliphatic carbocycles. The van der Waals surface area contributed by atoms with Crippen LogP contribution in [0.4, 0.5) is 0 Å². The largest absolute Gasteiger partial charge is 0.353 e. The first-order chi connectivity index (χ1) is 11.6. The molecule has 1 aliphatic heterocycles. The Hall–Kier alpha value is -1.99. The first-order valence-electron chi connectivity index (χ1n) is 8.41. The van der Waals surface area contributed by atoms with Gasteiger partial charge < -0.3 is 10.6 Å². The van der Waals surface area contributed by atoms with Gasteiger partial charge in [-0.15, -0.1) is 0 Å². The number of thioether (sulfide) groups is 1. The Bertz CT molecular complexity index is 640. The van der Waals surface area contributed by atoms with Crippen molar-refractivity contribution in [1.29, 1.82) is 10.5 Å². The van der Waals surface area contributed by atoms with Gasteiger partial charge in [-0.3, -0.25) is 9.59 Å². The number of carbonyl (C=O) groups is 2. The van der Waals surface area contributed by atoms with E-state index in [9.17, 15) is 20.1 Å². The normalized spacial score (nSPS) is 20.5. The number of hydrogen-bond donors (Lipinski definition) is 2. The van der Waals surface area contributed by atoms with E-state index in [0.717, 1.165) is 24.6 Å². The van der Waals surface area contributed by atoms with Crippen LogP contribution < -0.4 is 10.6 Å². The van der Waals surface area contributed by atoms with Gasteiger partial charge in [-0.25, -0.2) is 0 Å². The second-order valence-corrected chi connectivity index (χ2v) is 8.30. The van der Waals surface area contributed by atoms with Crippen molar-refractivity contribution >= 4 is 23.6 Å². The molecule has 0 bridgehead atoms. The topological polar surface area (TPSA) is 106 Å². The van der Waals surface area contributed by atoms with Gasteiger partial charge in [-0.1, -0.05) is 39.5 Å². The average molecular weight is 362 g/mol. The minimum Gasteiger partial charge on any atom is -0.353 e. The monoisotopic (exact) mass is 362 g/mol. The zero-order valence-corrected chi connectivity index (χ0v) is 16.3. The van der Waals surface area contributed by atoms with E-state index < -0.39 is 17.2 Å². The molecular weight excluding hydrogens is 336 g/mol. The van der Waals surface area contributed by atoms with Crippen molar-refractivity contribution in [2.75, 3.05) is 5.75 Å². The van der Waals surface area contributed by atoms with Gasteiger partial charge in [0.1, 0.15) is 5.92 Å². The third-order valence-corrected chi connectivity index (χ3v) is 5.27. The van der Waals surface area contributed by atoms with Crippen molar-refractivity contribution in [2.24, 2.45) is 17.3 Å². The van der Waals surface area contributed by atoms with Crippen molar-refractivity contribution in [1.82, 2.24) is 10.6 Å². The number of rotatable bonds is 7. The third kappa shape index (κ3) is 5.51. The minimum atomic E-state index is -0.920. The lowest BCUT2D eigenvalue weighted by Crippen LogP contribution is -2.44. The highest BCUT2D eigenvalue weighted by atomic mass is 32.2. The highest BCUT2D eigenvalue weighted by Gasteiger charge is 2.44. The summed E-state index contributed by atoms with van der Waals surface area (Å²) >= 11 is 1.13. The van der Waals surface area contributed by atoms with Crippen molar-refractivity contribution in [3.8, 4) is 12.1 Å². The number of nitrogens with one attached hydrogen (secondary N) is 2. The Morgan fingerprint density at radius 2 is 1.96 bits per heavy atom. The van der Waals surface area contributed by atoms with Crippen LogP contribution in [0.1, 0.15) is 47.5 Å². The van der Waals surface area contributed by atoms with Crippen LogP contribution in [0.25, 0.3) is 0 Å². The summed E-state index contributed by atoms with van der Waals surface area (Å²) in [5, 5.41) is 24.5. The Labute approximate surface area is 154 Å². The molecular formula is C18H26N4O2S. The fraction of sp³-hybridized carbons (Fsp3) is 0.667. The van der Waals surface area contributed by atoms with Crippen molar-refractivity contribution in [3.05, 3.63) is 10.6 Å². The molecule has 25 heavy (non-hydrogen) atoms. The summed E-state index contributed by atoms with van der Waals surface area (Å²) < 4.78 is 0. The molecule has 2 N–H and O–H groups in total. The summed E-state index contributed by atoms with van der Waals surface area (Å²) in [5.41, 5.74) is -0.542. The van der Waals surface area contributed by atoms with Gasteiger partial charge in [0.25, 0.3) is 0 Å². The summed E-state index contributed by atoms with van der Waals surface area (Å²) in [4.78, 5) is 24.2. The molecule has 1 aliphatic rings. The molecule has 6 nitrogen and oxygen atoms in total. The minimum absolute atomic E-state index is 0.0836. The van der Waals surface area contributed by atoms with Crippen LogP contribution in [0.2, 0.25) is 0 Å². The van der Waals surface area contributed by atoms with Gasteiger partial charge in [0.05, 0.1) is 28.5 Å². The van der Waals surface area contributed by atoms with Crippen LogP contribution in [-0.4, -0.2) is 23.6 Å². The van der Waals surface area contributed by atoms with Gasteiger partial charge in [0.15, 0.2) is 0 Å². The molecule has 136 valence electrons. The maximum Gasteiger partial charge on any atom is 0.243 e. The predicted octanol–water partition coefficient (Wildman–Crippen LogP) is 2.69. The molecule has 0 aromatic heterocycles. The zero-order valence-electron chi connectivity index (χ0n) is 15.5. The van der Waals surface area contributed by atoms with E-state index in [-0.39, 0.29) is 17.7 Å². The number of nitrogens with zero attached hydrogens (tertiary/aromatic N) is 2. The number of amides is 2. The molecule has 0 aromatic carbocycles. The van der Waals surface area contributed by atoms with E-state index in [1.807, 2.05) is 13.0 Å². The lowest BCUT2D eigenvalue weighted by Gasteiger charge is -2.34. The summed E-state index contributed by atoms with van der Waals surface area (Å²) in [5.74, 6) is -0.790. The first-order valence-corrected chi connectivity index (χ1v) is 9.39. The number of carbonyl (C=O) groups excluding carboxylic acids is 2. The number of hydrogen-bond acceptors (Lipinski definition) is 5. The van der Waals surface area contributed by atoms with Crippen molar-refractivity contribution in [3.63, 3.8) is 0 Å². The van der Waals surface area contributed by atoms with Gasteiger partial charge in [0, 0.05) is 11.5 Å².